The minimum absolute atomic E-state index is 0.0327. The van der Waals surface area contributed by atoms with Crippen molar-refractivity contribution in [1.29, 1.82) is 0 Å². The van der Waals surface area contributed by atoms with Gasteiger partial charge in [0, 0.05) is 29.4 Å². The summed E-state index contributed by atoms with van der Waals surface area (Å²) in [6, 6.07) is 13.3. The number of aryl methyl sites for hydroxylation is 4. The zero-order chi connectivity index (χ0) is 21.9. The van der Waals surface area contributed by atoms with Crippen LogP contribution in [0.3, 0.4) is 0 Å². The summed E-state index contributed by atoms with van der Waals surface area (Å²) in [6.45, 7) is 14.4. The Morgan fingerprint density at radius 2 is 1.74 bits per heavy atom. The van der Waals surface area contributed by atoms with Gasteiger partial charge in [0.15, 0.2) is 5.17 Å². The molecule has 5 rings (SSSR count). The van der Waals surface area contributed by atoms with Crippen molar-refractivity contribution < 1.29 is 0 Å². The number of thioether (sulfide) groups is 1. The molecule has 3 aromatic rings. The monoisotopic (exact) mass is 430 g/mol. The first kappa shape index (κ1) is 20.4. The lowest BCUT2D eigenvalue weighted by atomic mass is 9.96. The number of nitrogens with zero attached hydrogens (tertiary/aromatic N) is 4. The van der Waals surface area contributed by atoms with Gasteiger partial charge in [0.25, 0.3) is 0 Å². The van der Waals surface area contributed by atoms with Crippen LogP contribution in [0.5, 0.6) is 0 Å². The molecular weight excluding hydrogens is 400 g/mol. The van der Waals surface area contributed by atoms with Crippen LogP contribution in [0.2, 0.25) is 0 Å². The smallest absolute Gasteiger partial charge is 0.160 e. The van der Waals surface area contributed by atoms with E-state index < -0.39 is 0 Å². The van der Waals surface area contributed by atoms with E-state index in [1.165, 1.54) is 44.5 Å². The number of aliphatic imine (C=N–C) groups is 1. The second-order valence-corrected chi connectivity index (χ2v) is 10.5. The molecule has 0 bridgehead atoms. The van der Waals surface area contributed by atoms with Crippen LogP contribution in [-0.2, 0) is 0 Å². The van der Waals surface area contributed by atoms with Crippen LogP contribution in [-0.4, -0.2) is 31.4 Å². The van der Waals surface area contributed by atoms with Crippen molar-refractivity contribution in [2.24, 2.45) is 4.99 Å². The second kappa shape index (κ2) is 7.56. The van der Waals surface area contributed by atoms with E-state index in [4.69, 9.17) is 4.99 Å². The lowest BCUT2D eigenvalue weighted by Gasteiger charge is -2.27. The largest absolute Gasteiger partial charge is 0.341 e. The number of pyridine rings is 1. The normalized spacial score (nSPS) is 22.7. The fraction of sp³-hybridized carbons (Fsp3) is 0.385. The molecule has 2 aliphatic heterocycles. The molecule has 0 unspecified atom stereocenters. The third kappa shape index (κ3) is 3.30. The number of hydrogen-bond donors (Lipinski definition) is 0. The molecule has 0 N–H and O–H groups in total. The average molecular weight is 431 g/mol. The predicted molar refractivity (Wildman–Crippen MR) is 130 cm³/mol. The van der Waals surface area contributed by atoms with E-state index >= 15 is 0 Å². The Bertz CT molecular complexity index is 1150. The Morgan fingerprint density at radius 1 is 1.00 bits per heavy atom. The first-order chi connectivity index (χ1) is 14.8. The Labute approximate surface area is 189 Å². The maximum Gasteiger partial charge on any atom is 0.160 e. The molecular formula is C26H30N4S. The van der Waals surface area contributed by atoms with Gasteiger partial charge in [-0.05, 0) is 69.5 Å². The molecule has 4 nitrogen and oxygen atoms in total. The van der Waals surface area contributed by atoms with Gasteiger partial charge < -0.3 is 9.47 Å². The maximum atomic E-state index is 5.16. The van der Waals surface area contributed by atoms with E-state index in [1.54, 1.807) is 0 Å². The summed E-state index contributed by atoms with van der Waals surface area (Å²) < 4.78 is 2.44. The SMILES string of the molecule is Cc1cc(C)c(-n2c(C)cc([C@@H]3[C@H](c4ccccn4)N=C4S[C@H](C)CN43)c2C)c(C)c1. The van der Waals surface area contributed by atoms with Crippen molar-refractivity contribution >= 4 is 16.9 Å². The van der Waals surface area contributed by atoms with Gasteiger partial charge in [-0.2, -0.15) is 0 Å². The van der Waals surface area contributed by atoms with Gasteiger partial charge >= 0.3 is 0 Å². The second-order valence-electron chi connectivity index (χ2n) is 9.05. The summed E-state index contributed by atoms with van der Waals surface area (Å²) in [7, 11) is 0. The van der Waals surface area contributed by atoms with Crippen molar-refractivity contribution in [1.82, 2.24) is 14.5 Å². The highest BCUT2D eigenvalue weighted by Gasteiger charge is 2.44. The third-order valence-electron chi connectivity index (χ3n) is 6.53. The van der Waals surface area contributed by atoms with Gasteiger partial charge in [-0.1, -0.05) is 42.4 Å². The van der Waals surface area contributed by atoms with Gasteiger partial charge in [-0.3, -0.25) is 9.98 Å². The Kier molecular flexibility index (Phi) is 4.97. The average Bonchev–Trinajstić information content (AvgIpc) is 3.33. The minimum atomic E-state index is 0.0327. The molecule has 1 fully saturated rings. The van der Waals surface area contributed by atoms with Crippen LogP contribution in [0.25, 0.3) is 5.69 Å². The molecule has 0 radical (unpaired) electrons. The molecule has 0 spiro atoms. The highest BCUT2D eigenvalue weighted by Crippen LogP contribution is 2.49. The molecule has 160 valence electrons. The lowest BCUT2D eigenvalue weighted by Crippen LogP contribution is -2.29. The first-order valence-electron chi connectivity index (χ1n) is 11.0. The van der Waals surface area contributed by atoms with Gasteiger partial charge in [-0.15, -0.1) is 0 Å². The molecule has 1 aromatic carbocycles. The molecule has 2 aliphatic rings. The van der Waals surface area contributed by atoms with Crippen molar-refractivity contribution in [3.05, 3.63) is 81.9 Å². The number of fused-ring (bicyclic) bond motifs is 1. The van der Waals surface area contributed by atoms with E-state index in [2.05, 4.69) is 86.3 Å². The summed E-state index contributed by atoms with van der Waals surface area (Å²) in [5, 5.41) is 1.73. The molecule has 4 heterocycles. The maximum absolute atomic E-state index is 5.16. The predicted octanol–water partition coefficient (Wildman–Crippen LogP) is 6.00. The number of benzene rings is 1. The molecule has 0 aliphatic carbocycles. The molecule has 5 heteroatoms. The van der Waals surface area contributed by atoms with E-state index in [1.807, 2.05) is 24.0 Å². The highest BCUT2D eigenvalue weighted by molar-refractivity contribution is 8.14. The van der Waals surface area contributed by atoms with Crippen LogP contribution in [0, 0.1) is 34.6 Å². The van der Waals surface area contributed by atoms with E-state index in [9.17, 15) is 0 Å². The van der Waals surface area contributed by atoms with Gasteiger partial charge in [-0.25, -0.2) is 0 Å². The number of rotatable bonds is 3. The van der Waals surface area contributed by atoms with Crippen LogP contribution in [0.4, 0.5) is 0 Å². The zero-order valence-electron chi connectivity index (χ0n) is 19.2. The molecule has 0 saturated carbocycles. The van der Waals surface area contributed by atoms with Crippen LogP contribution in [0.15, 0.2) is 47.6 Å². The summed E-state index contributed by atoms with van der Waals surface area (Å²) in [6.07, 6.45) is 1.88. The zero-order valence-corrected chi connectivity index (χ0v) is 20.0. The number of amidine groups is 1. The fourth-order valence-electron chi connectivity index (χ4n) is 5.41. The summed E-state index contributed by atoms with van der Waals surface area (Å²) in [5.41, 5.74) is 10.3. The first-order valence-corrected chi connectivity index (χ1v) is 11.9. The van der Waals surface area contributed by atoms with Gasteiger partial charge in [0.05, 0.1) is 17.4 Å². The molecule has 3 atom stereocenters. The van der Waals surface area contributed by atoms with E-state index in [0.29, 0.717) is 5.25 Å². The quantitative estimate of drug-likeness (QED) is 0.511. The summed E-state index contributed by atoms with van der Waals surface area (Å²) >= 11 is 1.89. The third-order valence-corrected chi connectivity index (χ3v) is 7.63. The van der Waals surface area contributed by atoms with E-state index in [-0.39, 0.29) is 12.1 Å². The molecule has 2 aromatic heterocycles. The number of hydrogen-bond acceptors (Lipinski definition) is 4. The molecule has 31 heavy (non-hydrogen) atoms. The Morgan fingerprint density at radius 3 is 2.42 bits per heavy atom. The van der Waals surface area contributed by atoms with Crippen LogP contribution >= 0.6 is 11.8 Å². The van der Waals surface area contributed by atoms with Crippen molar-refractivity contribution in [3.8, 4) is 5.69 Å². The Hall–Kier alpha value is -2.53. The van der Waals surface area contributed by atoms with Crippen LogP contribution < -0.4 is 0 Å². The minimum Gasteiger partial charge on any atom is -0.341 e. The summed E-state index contributed by atoms with van der Waals surface area (Å²) in [4.78, 5) is 12.4. The van der Waals surface area contributed by atoms with Crippen molar-refractivity contribution in [2.45, 2.75) is 58.9 Å². The van der Waals surface area contributed by atoms with E-state index in [0.717, 1.165) is 12.2 Å². The van der Waals surface area contributed by atoms with Gasteiger partial charge in [0.2, 0.25) is 0 Å². The summed E-state index contributed by atoms with van der Waals surface area (Å²) in [5.74, 6) is 0. The molecule has 0 amide bonds. The molecule has 1 saturated heterocycles. The topological polar surface area (TPSA) is 33.4 Å². The van der Waals surface area contributed by atoms with Gasteiger partial charge in [0.1, 0.15) is 6.04 Å². The van der Waals surface area contributed by atoms with Crippen LogP contribution in [0.1, 0.15) is 58.3 Å². The lowest BCUT2D eigenvalue weighted by molar-refractivity contribution is 0.320. The van der Waals surface area contributed by atoms with Crippen molar-refractivity contribution in [3.63, 3.8) is 0 Å². The standard InChI is InChI=1S/C26H30N4S/c1-15-11-16(2)24(17(3)12-15)30-18(4)13-21(20(30)6)25-23(22-9-7-8-10-27-22)28-26-29(25)14-19(5)31-26/h7-13,19,23,25H,14H2,1-6H3/t19-,23+,25-/m1/s1. The number of aromatic nitrogens is 2. The fourth-order valence-corrected chi connectivity index (χ4v) is 6.50. The highest BCUT2D eigenvalue weighted by atomic mass is 32.2. The van der Waals surface area contributed by atoms with Crippen molar-refractivity contribution in [2.75, 3.05) is 6.54 Å². The Balaban J connectivity index is 1.66.